The lowest BCUT2D eigenvalue weighted by atomic mass is 10.1. The molecule has 5 heteroatoms. The van der Waals surface area contributed by atoms with Crippen molar-refractivity contribution >= 4 is 0 Å². The Balaban J connectivity index is 2.92. The molecule has 0 atom stereocenters. The van der Waals surface area contributed by atoms with Crippen LogP contribution in [0.3, 0.4) is 0 Å². The monoisotopic (exact) mass is 206 g/mol. The molecule has 0 spiro atoms. The molecule has 14 heavy (non-hydrogen) atoms. The Bertz CT molecular complexity index is 301. The first-order chi connectivity index (χ1) is 6.48. The predicted molar refractivity (Wildman–Crippen MR) is 47.0 cm³/mol. The van der Waals surface area contributed by atoms with Gasteiger partial charge in [-0.2, -0.15) is 18.3 Å². The average Bonchev–Trinajstić information content (AvgIpc) is 2.43. The smallest absolute Gasteiger partial charge is 0.260 e. The van der Waals surface area contributed by atoms with E-state index in [0.29, 0.717) is 12.1 Å². The largest absolute Gasteiger partial charge is 0.408 e. The molecule has 0 aromatic carbocycles. The second-order valence-corrected chi connectivity index (χ2v) is 3.10. The Morgan fingerprint density at radius 2 is 1.93 bits per heavy atom. The molecule has 0 aliphatic carbocycles. The van der Waals surface area contributed by atoms with Crippen LogP contribution in [0.25, 0.3) is 0 Å². The van der Waals surface area contributed by atoms with Crippen LogP contribution in [0.5, 0.6) is 0 Å². The summed E-state index contributed by atoms with van der Waals surface area (Å²) in [6, 6.07) is 0. The summed E-state index contributed by atoms with van der Waals surface area (Å²) in [5.74, 6) is 0. The number of aromatic nitrogens is 2. The van der Waals surface area contributed by atoms with Crippen LogP contribution >= 0.6 is 0 Å². The van der Waals surface area contributed by atoms with Crippen molar-refractivity contribution < 1.29 is 13.2 Å². The van der Waals surface area contributed by atoms with E-state index < -0.39 is 12.7 Å². The van der Waals surface area contributed by atoms with Crippen LogP contribution in [0.2, 0.25) is 0 Å². The first kappa shape index (κ1) is 11.1. The normalized spacial score (nSPS) is 12.1. The third-order valence-corrected chi connectivity index (χ3v) is 2.08. The number of halogens is 3. The first-order valence-corrected chi connectivity index (χ1v) is 4.58. The average molecular weight is 206 g/mol. The highest BCUT2D eigenvalue weighted by Crippen LogP contribution is 2.20. The van der Waals surface area contributed by atoms with Crippen molar-refractivity contribution in [1.82, 2.24) is 9.78 Å². The van der Waals surface area contributed by atoms with Crippen LogP contribution in [0.1, 0.15) is 25.1 Å². The molecule has 1 aromatic rings. The molecule has 0 fully saturated rings. The van der Waals surface area contributed by atoms with Gasteiger partial charge in [0.1, 0.15) is 6.54 Å². The number of nitrogens with zero attached hydrogens (tertiary/aromatic N) is 2. The molecule has 0 saturated heterocycles. The molecular weight excluding hydrogens is 193 g/mol. The van der Waals surface area contributed by atoms with Gasteiger partial charge >= 0.3 is 6.18 Å². The van der Waals surface area contributed by atoms with Gasteiger partial charge in [-0.15, -0.1) is 0 Å². The van der Waals surface area contributed by atoms with Crippen molar-refractivity contribution in [3.05, 3.63) is 17.5 Å². The van der Waals surface area contributed by atoms with Crippen LogP contribution < -0.4 is 0 Å². The Hall–Kier alpha value is -1.00. The minimum atomic E-state index is -4.19. The van der Waals surface area contributed by atoms with Crippen molar-refractivity contribution in [2.24, 2.45) is 0 Å². The van der Waals surface area contributed by atoms with E-state index >= 15 is 0 Å². The van der Waals surface area contributed by atoms with Gasteiger partial charge in [0.25, 0.3) is 0 Å². The van der Waals surface area contributed by atoms with Crippen LogP contribution in [0.15, 0.2) is 6.20 Å². The second-order valence-electron chi connectivity index (χ2n) is 3.10. The van der Waals surface area contributed by atoms with Gasteiger partial charge in [-0.3, -0.25) is 4.68 Å². The fourth-order valence-corrected chi connectivity index (χ4v) is 1.46. The van der Waals surface area contributed by atoms with Crippen molar-refractivity contribution in [3.63, 3.8) is 0 Å². The topological polar surface area (TPSA) is 17.8 Å². The standard InChI is InChI=1S/C9H13F3N2/c1-3-7-5-13-14(8(7)4-2)6-9(10,11)12/h5H,3-4,6H2,1-2H3. The molecule has 0 unspecified atom stereocenters. The summed E-state index contributed by atoms with van der Waals surface area (Å²) in [5.41, 5.74) is 1.58. The van der Waals surface area contributed by atoms with Crippen molar-refractivity contribution in [1.29, 1.82) is 0 Å². The zero-order valence-corrected chi connectivity index (χ0v) is 8.23. The van der Waals surface area contributed by atoms with Gasteiger partial charge in [-0.25, -0.2) is 0 Å². The quantitative estimate of drug-likeness (QED) is 0.743. The Labute approximate surface area is 80.7 Å². The highest BCUT2D eigenvalue weighted by atomic mass is 19.4. The molecule has 2 nitrogen and oxygen atoms in total. The number of hydrogen-bond donors (Lipinski definition) is 0. The Kier molecular flexibility index (Phi) is 3.18. The van der Waals surface area contributed by atoms with Crippen LogP contribution in [-0.2, 0) is 19.4 Å². The second kappa shape index (κ2) is 4.02. The Morgan fingerprint density at radius 1 is 1.29 bits per heavy atom. The molecule has 1 heterocycles. The Morgan fingerprint density at radius 3 is 2.36 bits per heavy atom. The maximum absolute atomic E-state index is 12.1. The van der Waals surface area contributed by atoms with Crippen molar-refractivity contribution in [2.45, 2.75) is 39.4 Å². The number of hydrogen-bond acceptors (Lipinski definition) is 1. The molecule has 0 radical (unpaired) electrons. The minimum absolute atomic E-state index is 0.583. The predicted octanol–water partition coefficient (Wildman–Crippen LogP) is 2.57. The summed E-state index contributed by atoms with van der Waals surface area (Å²) < 4.78 is 37.4. The fraction of sp³-hybridized carbons (Fsp3) is 0.667. The van der Waals surface area contributed by atoms with E-state index in [1.165, 1.54) is 6.20 Å². The highest BCUT2D eigenvalue weighted by Gasteiger charge is 2.29. The van der Waals surface area contributed by atoms with E-state index in [1.807, 2.05) is 13.8 Å². The molecule has 0 aliphatic heterocycles. The molecule has 0 bridgehead atoms. The van der Waals surface area contributed by atoms with E-state index in [4.69, 9.17) is 0 Å². The van der Waals surface area contributed by atoms with Gasteiger partial charge in [0, 0.05) is 5.69 Å². The molecule has 80 valence electrons. The highest BCUT2D eigenvalue weighted by molar-refractivity contribution is 5.17. The van der Waals surface area contributed by atoms with Gasteiger partial charge in [-0.1, -0.05) is 13.8 Å². The molecule has 0 aliphatic rings. The maximum Gasteiger partial charge on any atom is 0.408 e. The molecule has 1 aromatic heterocycles. The van der Waals surface area contributed by atoms with Gasteiger partial charge in [0.15, 0.2) is 0 Å². The zero-order chi connectivity index (χ0) is 10.8. The third kappa shape index (κ3) is 2.49. The number of rotatable bonds is 3. The molecule has 0 amide bonds. The lowest BCUT2D eigenvalue weighted by molar-refractivity contribution is -0.143. The van der Waals surface area contributed by atoms with E-state index in [2.05, 4.69) is 5.10 Å². The number of aryl methyl sites for hydroxylation is 1. The summed E-state index contributed by atoms with van der Waals surface area (Å²) in [6.45, 7) is 2.76. The van der Waals surface area contributed by atoms with Crippen molar-refractivity contribution in [2.75, 3.05) is 0 Å². The minimum Gasteiger partial charge on any atom is -0.260 e. The molecule has 0 saturated carbocycles. The molecule has 1 rings (SSSR count). The summed E-state index contributed by atoms with van der Waals surface area (Å²) in [6.07, 6.45) is -1.37. The van der Waals surface area contributed by atoms with Crippen LogP contribution in [-0.4, -0.2) is 16.0 Å². The summed E-state index contributed by atoms with van der Waals surface area (Å²) >= 11 is 0. The number of alkyl halides is 3. The maximum atomic E-state index is 12.1. The lowest BCUT2D eigenvalue weighted by Crippen LogP contribution is -2.20. The molecular formula is C9H13F3N2. The van der Waals surface area contributed by atoms with E-state index in [1.54, 1.807) is 0 Å². The van der Waals surface area contributed by atoms with Gasteiger partial charge < -0.3 is 0 Å². The van der Waals surface area contributed by atoms with Crippen molar-refractivity contribution in [3.8, 4) is 0 Å². The van der Waals surface area contributed by atoms with E-state index in [-0.39, 0.29) is 0 Å². The first-order valence-electron chi connectivity index (χ1n) is 4.58. The third-order valence-electron chi connectivity index (χ3n) is 2.08. The van der Waals surface area contributed by atoms with E-state index in [9.17, 15) is 13.2 Å². The van der Waals surface area contributed by atoms with Gasteiger partial charge in [0.05, 0.1) is 6.20 Å². The summed E-state index contributed by atoms with van der Waals surface area (Å²) in [7, 11) is 0. The molecule has 0 N–H and O–H groups in total. The summed E-state index contributed by atoms with van der Waals surface area (Å²) in [4.78, 5) is 0. The van der Waals surface area contributed by atoms with Gasteiger partial charge in [-0.05, 0) is 18.4 Å². The SMILES string of the molecule is CCc1cnn(CC(F)(F)F)c1CC. The van der Waals surface area contributed by atoms with E-state index in [0.717, 1.165) is 16.7 Å². The van der Waals surface area contributed by atoms with Crippen LogP contribution in [0, 0.1) is 0 Å². The zero-order valence-electron chi connectivity index (χ0n) is 8.23. The fourth-order valence-electron chi connectivity index (χ4n) is 1.46. The lowest BCUT2D eigenvalue weighted by Gasteiger charge is -2.09. The summed E-state index contributed by atoms with van der Waals surface area (Å²) in [5, 5.41) is 3.74. The van der Waals surface area contributed by atoms with Crippen LogP contribution in [0.4, 0.5) is 13.2 Å². The van der Waals surface area contributed by atoms with Gasteiger partial charge in [0.2, 0.25) is 0 Å².